The second kappa shape index (κ2) is 4.69. The smallest absolute Gasteiger partial charge is 0.408 e. The third kappa shape index (κ3) is 3.22. The van der Waals surface area contributed by atoms with Crippen molar-refractivity contribution in [3.63, 3.8) is 0 Å². The highest BCUT2D eigenvalue weighted by molar-refractivity contribution is 5.68. The molecule has 1 aliphatic heterocycles. The third-order valence-corrected chi connectivity index (χ3v) is 3.32. The van der Waals surface area contributed by atoms with Crippen LogP contribution in [0.15, 0.2) is 12.2 Å². The van der Waals surface area contributed by atoms with Gasteiger partial charge in [0.1, 0.15) is 5.60 Å². The number of nitrogens with one attached hydrogen (secondary N) is 2. The highest BCUT2D eigenvalue weighted by atomic mass is 16.6. The van der Waals surface area contributed by atoms with E-state index in [-0.39, 0.29) is 12.1 Å². The van der Waals surface area contributed by atoms with Gasteiger partial charge in [-0.1, -0.05) is 12.2 Å². The summed E-state index contributed by atoms with van der Waals surface area (Å²) in [6.45, 7) is 7.67. The molecule has 2 aliphatic rings. The van der Waals surface area contributed by atoms with Crippen LogP contribution in [0.2, 0.25) is 0 Å². The number of carbonyl (C=O) groups is 1. The zero-order valence-electron chi connectivity index (χ0n) is 10.8. The fourth-order valence-electron chi connectivity index (χ4n) is 2.57. The van der Waals surface area contributed by atoms with Crippen molar-refractivity contribution in [1.29, 1.82) is 0 Å². The van der Waals surface area contributed by atoms with Crippen molar-refractivity contribution in [3.05, 3.63) is 12.2 Å². The van der Waals surface area contributed by atoms with Crippen molar-refractivity contribution in [2.24, 2.45) is 11.8 Å². The molecule has 1 heterocycles. The molecule has 2 rings (SSSR count). The van der Waals surface area contributed by atoms with E-state index in [4.69, 9.17) is 4.74 Å². The molecule has 1 fully saturated rings. The van der Waals surface area contributed by atoms with E-state index in [0.29, 0.717) is 11.8 Å². The van der Waals surface area contributed by atoms with Gasteiger partial charge in [0, 0.05) is 6.54 Å². The molecule has 96 valence electrons. The number of hydrogen-bond acceptors (Lipinski definition) is 3. The van der Waals surface area contributed by atoms with Crippen molar-refractivity contribution >= 4 is 6.09 Å². The van der Waals surface area contributed by atoms with Crippen molar-refractivity contribution in [3.8, 4) is 0 Å². The van der Waals surface area contributed by atoms with Gasteiger partial charge >= 0.3 is 6.09 Å². The molecule has 1 amide bonds. The molecule has 0 bridgehead atoms. The van der Waals surface area contributed by atoms with E-state index in [9.17, 15) is 4.79 Å². The van der Waals surface area contributed by atoms with Crippen LogP contribution in [0.3, 0.4) is 0 Å². The summed E-state index contributed by atoms with van der Waals surface area (Å²) in [4.78, 5) is 11.7. The number of ether oxygens (including phenoxy) is 1. The van der Waals surface area contributed by atoms with Crippen LogP contribution in [0.5, 0.6) is 0 Å². The molecule has 0 aromatic rings. The standard InChI is InChI=1S/C13H22N2O2/c1-13(2,3)17-12(16)15-11-6-4-5-9-7-14-8-10(9)11/h4,6,9-11,14H,5,7-8H2,1-3H3,(H,15,16)/t9-,10+,11-/m1/s1. The number of hydrogen-bond donors (Lipinski definition) is 2. The number of allylic oxidation sites excluding steroid dienone is 1. The summed E-state index contributed by atoms with van der Waals surface area (Å²) in [5.41, 5.74) is -0.435. The van der Waals surface area contributed by atoms with Crippen molar-refractivity contribution in [2.75, 3.05) is 13.1 Å². The SMILES string of the molecule is CC(C)(C)OC(=O)N[C@@H]1C=CC[C@@H]2CNC[C@@H]21. The normalized spacial score (nSPS) is 32.1. The highest BCUT2D eigenvalue weighted by Gasteiger charge is 2.35. The maximum atomic E-state index is 11.7. The van der Waals surface area contributed by atoms with Gasteiger partial charge in [-0.15, -0.1) is 0 Å². The average Bonchev–Trinajstić information content (AvgIpc) is 2.63. The minimum atomic E-state index is -0.435. The first-order chi connectivity index (χ1) is 7.96. The summed E-state index contributed by atoms with van der Waals surface area (Å²) in [6, 6.07) is 0.110. The molecule has 1 aliphatic carbocycles. The summed E-state index contributed by atoms with van der Waals surface area (Å²) < 4.78 is 5.28. The largest absolute Gasteiger partial charge is 0.444 e. The molecular weight excluding hydrogens is 216 g/mol. The predicted molar refractivity (Wildman–Crippen MR) is 66.8 cm³/mol. The number of alkyl carbamates (subject to hydrolysis) is 1. The summed E-state index contributed by atoms with van der Waals surface area (Å²) in [6.07, 6.45) is 5.05. The lowest BCUT2D eigenvalue weighted by Gasteiger charge is -2.30. The first-order valence-corrected chi connectivity index (χ1v) is 6.32. The first kappa shape index (κ1) is 12.4. The van der Waals surface area contributed by atoms with Crippen LogP contribution in [0.1, 0.15) is 27.2 Å². The first-order valence-electron chi connectivity index (χ1n) is 6.32. The Bertz CT molecular complexity index is 320. The highest BCUT2D eigenvalue weighted by Crippen LogP contribution is 2.28. The van der Waals surface area contributed by atoms with Crippen LogP contribution >= 0.6 is 0 Å². The molecule has 0 aromatic heterocycles. The molecule has 4 nitrogen and oxygen atoms in total. The Morgan fingerprint density at radius 2 is 2.18 bits per heavy atom. The van der Waals surface area contributed by atoms with E-state index < -0.39 is 5.60 Å². The monoisotopic (exact) mass is 238 g/mol. The van der Waals surface area contributed by atoms with Crippen molar-refractivity contribution in [2.45, 2.75) is 38.8 Å². The molecule has 17 heavy (non-hydrogen) atoms. The zero-order chi connectivity index (χ0) is 12.5. The molecule has 0 radical (unpaired) electrons. The van der Waals surface area contributed by atoms with Crippen molar-refractivity contribution < 1.29 is 9.53 Å². The third-order valence-electron chi connectivity index (χ3n) is 3.32. The van der Waals surface area contributed by atoms with Crippen molar-refractivity contribution in [1.82, 2.24) is 10.6 Å². The van der Waals surface area contributed by atoms with Crippen LogP contribution in [-0.2, 0) is 4.74 Å². The Balaban J connectivity index is 1.92. The van der Waals surface area contributed by atoms with E-state index in [1.807, 2.05) is 20.8 Å². The fourth-order valence-corrected chi connectivity index (χ4v) is 2.57. The van der Waals surface area contributed by atoms with Gasteiger partial charge in [0.2, 0.25) is 0 Å². The summed E-state index contributed by atoms with van der Waals surface area (Å²) in [7, 11) is 0. The van der Waals surface area contributed by atoms with Crippen LogP contribution in [0.25, 0.3) is 0 Å². The number of carbonyl (C=O) groups excluding carboxylic acids is 1. The predicted octanol–water partition coefficient (Wildman–Crippen LogP) is 1.68. The number of fused-ring (bicyclic) bond motifs is 1. The van der Waals surface area contributed by atoms with E-state index in [2.05, 4.69) is 22.8 Å². The molecule has 0 aromatic carbocycles. The lowest BCUT2D eigenvalue weighted by atomic mass is 9.82. The average molecular weight is 238 g/mol. The molecule has 0 spiro atoms. The van der Waals surface area contributed by atoms with Crippen LogP contribution < -0.4 is 10.6 Å². The maximum absolute atomic E-state index is 11.7. The van der Waals surface area contributed by atoms with Gasteiger partial charge in [-0.3, -0.25) is 0 Å². The topological polar surface area (TPSA) is 50.4 Å². The van der Waals surface area contributed by atoms with E-state index in [1.54, 1.807) is 0 Å². The molecule has 3 atom stereocenters. The molecular formula is C13H22N2O2. The Labute approximate surface area is 103 Å². The van der Waals surface area contributed by atoms with Gasteiger partial charge in [0.05, 0.1) is 6.04 Å². The van der Waals surface area contributed by atoms with Gasteiger partial charge in [-0.05, 0) is 45.6 Å². The second-order valence-corrected chi connectivity index (χ2v) is 5.92. The summed E-state index contributed by atoms with van der Waals surface area (Å²) in [5.74, 6) is 1.16. The zero-order valence-corrected chi connectivity index (χ0v) is 10.8. The van der Waals surface area contributed by atoms with Crippen LogP contribution in [0, 0.1) is 11.8 Å². The molecule has 0 unspecified atom stereocenters. The minimum Gasteiger partial charge on any atom is -0.444 e. The molecule has 4 heteroatoms. The van der Waals surface area contributed by atoms with Gasteiger partial charge in [-0.2, -0.15) is 0 Å². The van der Waals surface area contributed by atoms with E-state index in [1.165, 1.54) is 0 Å². The fraction of sp³-hybridized carbons (Fsp3) is 0.769. The quantitative estimate of drug-likeness (QED) is 0.683. The van der Waals surface area contributed by atoms with Crippen LogP contribution in [-0.4, -0.2) is 30.8 Å². The van der Waals surface area contributed by atoms with Crippen LogP contribution in [0.4, 0.5) is 4.79 Å². The van der Waals surface area contributed by atoms with Gasteiger partial charge in [0.15, 0.2) is 0 Å². The Morgan fingerprint density at radius 1 is 1.41 bits per heavy atom. The van der Waals surface area contributed by atoms with E-state index in [0.717, 1.165) is 19.5 Å². The minimum absolute atomic E-state index is 0.110. The van der Waals surface area contributed by atoms with E-state index >= 15 is 0 Å². The van der Waals surface area contributed by atoms with Gasteiger partial charge in [0.25, 0.3) is 0 Å². The van der Waals surface area contributed by atoms with Gasteiger partial charge in [-0.25, -0.2) is 4.79 Å². The Morgan fingerprint density at radius 3 is 2.88 bits per heavy atom. The molecule has 1 saturated heterocycles. The maximum Gasteiger partial charge on any atom is 0.408 e. The number of rotatable bonds is 1. The summed E-state index contributed by atoms with van der Waals surface area (Å²) in [5, 5.41) is 6.34. The van der Waals surface area contributed by atoms with Gasteiger partial charge < -0.3 is 15.4 Å². The Kier molecular flexibility index (Phi) is 3.43. The number of amides is 1. The lowest BCUT2D eigenvalue weighted by molar-refractivity contribution is 0.0494. The Hall–Kier alpha value is -1.03. The summed E-state index contributed by atoms with van der Waals surface area (Å²) >= 11 is 0. The molecule has 2 N–H and O–H groups in total. The molecule has 0 saturated carbocycles. The second-order valence-electron chi connectivity index (χ2n) is 5.92. The lowest BCUT2D eigenvalue weighted by Crippen LogP contribution is -2.45.